The third-order valence-corrected chi connectivity index (χ3v) is 4.14. The van der Waals surface area contributed by atoms with Gasteiger partial charge in [0.05, 0.1) is 22.2 Å². The molecule has 2 aromatic rings. The number of amides is 1. The van der Waals surface area contributed by atoms with Crippen LogP contribution in [-0.4, -0.2) is 22.5 Å². The van der Waals surface area contributed by atoms with E-state index in [2.05, 4.69) is 16.0 Å². The van der Waals surface area contributed by atoms with E-state index in [9.17, 15) is 14.9 Å². The number of thiocarbonyl (C=S) groups is 1. The minimum absolute atomic E-state index is 0.0633. The van der Waals surface area contributed by atoms with Crippen LogP contribution >= 0.6 is 23.8 Å². The molecule has 0 saturated carbocycles. The number of anilines is 2. The van der Waals surface area contributed by atoms with Crippen molar-refractivity contribution in [2.75, 3.05) is 17.2 Å². The number of para-hydroxylation sites is 1. The Bertz CT molecular complexity index is 853. The maximum absolute atomic E-state index is 12.1. The smallest absolute Gasteiger partial charge is 0.271 e. The SMILES string of the molecule is Cc1cccc(C)c1NC(=O)CNC(=S)Nc1cc([N+](=O)[O-])ccc1Cl. The summed E-state index contributed by atoms with van der Waals surface area (Å²) in [6.45, 7) is 3.76. The van der Waals surface area contributed by atoms with Gasteiger partial charge in [0, 0.05) is 17.8 Å². The van der Waals surface area contributed by atoms with Gasteiger partial charge in [-0.1, -0.05) is 29.8 Å². The molecule has 0 unspecified atom stereocenters. The van der Waals surface area contributed by atoms with E-state index < -0.39 is 4.92 Å². The van der Waals surface area contributed by atoms with Gasteiger partial charge >= 0.3 is 0 Å². The number of nitrogens with zero attached hydrogens (tertiary/aromatic N) is 1. The lowest BCUT2D eigenvalue weighted by molar-refractivity contribution is -0.384. The second kappa shape index (κ2) is 8.59. The van der Waals surface area contributed by atoms with Gasteiger partial charge in [-0.2, -0.15) is 0 Å². The number of nitrogens with one attached hydrogen (secondary N) is 3. The van der Waals surface area contributed by atoms with Gasteiger partial charge in [0.25, 0.3) is 5.69 Å². The summed E-state index contributed by atoms with van der Waals surface area (Å²) in [7, 11) is 0. The van der Waals surface area contributed by atoms with Crippen LogP contribution in [0, 0.1) is 24.0 Å². The van der Waals surface area contributed by atoms with E-state index in [1.54, 1.807) is 0 Å². The number of hydrogen-bond donors (Lipinski definition) is 3. The van der Waals surface area contributed by atoms with Crippen LogP contribution in [0.5, 0.6) is 0 Å². The summed E-state index contributed by atoms with van der Waals surface area (Å²) < 4.78 is 0. The van der Waals surface area contributed by atoms with Crippen LogP contribution in [0.25, 0.3) is 0 Å². The Kier molecular flexibility index (Phi) is 6.48. The summed E-state index contributed by atoms with van der Waals surface area (Å²) in [6, 6.07) is 9.70. The Balaban J connectivity index is 1.94. The predicted molar refractivity (Wildman–Crippen MR) is 107 cm³/mol. The second-order valence-corrected chi connectivity index (χ2v) is 6.36. The zero-order valence-electron chi connectivity index (χ0n) is 14.1. The van der Waals surface area contributed by atoms with Crippen molar-refractivity contribution >= 4 is 51.9 Å². The molecule has 0 aliphatic heterocycles. The molecular weight excluding hydrogens is 376 g/mol. The predicted octanol–water partition coefficient (Wildman–Crippen LogP) is 3.79. The van der Waals surface area contributed by atoms with Crippen molar-refractivity contribution in [3.05, 3.63) is 62.7 Å². The normalized spacial score (nSPS) is 10.1. The molecule has 9 heteroatoms. The summed E-state index contributed by atoms with van der Waals surface area (Å²) in [4.78, 5) is 22.4. The number of carbonyl (C=O) groups excluding carboxylic acids is 1. The molecule has 2 aromatic carbocycles. The number of nitro benzene ring substituents is 1. The van der Waals surface area contributed by atoms with Crippen LogP contribution in [0.3, 0.4) is 0 Å². The first-order valence-corrected chi connectivity index (χ1v) is 8.41. The van der Waals surface area contributed by atoms with Gasteiger partial charge in [0.1, 0.15) is 0 Å². The van der Waals surface area contributed by atoms with E-state index in [1.165, 1.54) is 18.2 Å². The molecule has 2 rings (SSSR count). The van der Waals surface area contributed by atoms with Crippen LogP contribution in [0.15, 0.2) is 36.4 Å². The fourth-order valence-electron chi connectivity index (χ4n) is 2.24. The van der Waals surface area contributed by atoms with Crippen LogP contribution in [0.1, 0.15) is 11.1 Å². The van der Waals surface area contributed by atoms with Gasteiger partial charge < -0.3 is 16.0 Å². The van der Waals surface area contributed by atoms with E-state index in [1.807, 2.05) is 32.0 Å². The first-order chi connectivity index (χ1) is 12.3. The molecule has 0 spiro atoms. The van der Waals surface area contributed by atoms with Crippen LogP contribution in [0.2, 0.25) is 5.02 Å². The average molecular weight is 393 g/mol. The lowest BCUT2D eigenvalue weighted by Crippen LogP contribution is -2.35. The fourth-order valence-corrected chi connectivity index (χ4v) is 2.59. The van der Waals surface area contributed by atoms with Gasteiger partial charge in [-0.05, 0) is 43.3 Å². The van der Waals surface area contributed by atoms with E-state index in [0.717, 1.165) is 16.8 Å². The maximum Gasteiger partial charge on any atom is 0.271 e. The summed E-state index contributed by atoms with van der Waals surface area (Å²) in [5.74, 6) is -0.267. The molecule has 26 heavy (non-hydrogen) atoms. The number of non-ortho nitro benzene ring substituents is 1. The summed E-state index contributed by atoms with van der Waals surface area (Å²) in [5, 5.41) is 19.6. The summed E-state index contributed by atoms with van der Waals surface area (Å²) in [6.07, 6.45) is 0. The molecule has 0 aliphatic carbocycles. The minimum Gasteiger partial charge on any atom is -0.353 e. The quantitative estimate of drug-likeness (QED) is 0.407. The Labute approximate surface area is 160 Å². The third kappa shape index (κ3) is 5.14. The Hall–Kier alpha value is -2.71. The molecule has 0 heterocycles. The zero-order chi connectivity index (χ0) is 19.3. The number of nitro groups is 1. The van der Waals surface area contributed by atoms with Crippen LogP contribution < -0.4 is 16.0 Å². The number of hydrogen-bond acceptors (Lipinski definition) is 4. The topological polar surface area (TPSA) is 96.3 Å². The van der Waals surface area contributed by atoms with E-state index in [4.69, 9.17) is 23.8 Å². The van der Waals surface area contributed by atoms with E-state index in [-0.39, 0.29) is 34.0 Å². The van der Waals surface area contributed by atoms with Crippen molar-refractivity contribution in [2.45, 2.75) is 13.8 Å². The molecule has 3 N–H and O–H groups in total. The second-order valence-electron chi connectivity index (χ2n) is 5.54. The van der Waals surface area contributed by atoms with Gasteiger partial charge in [-0.15, -0.1) is 0 Å². The number of halogens is 1. The van der Waals surface area contributed by atoms with Crippen molar-refractivity contribution in [2.24, 2.45) is 0 Å². The molecule has 7 nitrogen and oxygen atoms in total. The molecule has 0 saturated heterocycles. The molecular formula is C17H17ClN4O3S. The monoisotopic (exact) mass is 392 g/mol. The number of rotatable bonds is 5. The maximum atomic E-state index is 12.1. The standard InChI is InChI=1S/C17H17ClN4O3S/c1-10-4-3-5-11(2)16(10)21-15(23)9-19-17(26)20-14-8-12(22(24)25)6-7-13(14)18/h3-8H,9H2,1-2H3,(H,21,23)(H2,19,20,26). The first kappa shape index (κ1) is 19.6. The summed E-state index contributed by atoms with van der Waals surface area (Å²) in [5.41, 5.74) is 2.85. The highest BCUT2D eigenvalue weighted by atomic mass is 35.5. The van der Waals surface area contributed by atoms with E-state index in [0.29, 0.717) is 0 Å². The van der Waals surface area contributed by atoms with Gasteiger partial charge in [-0.3, -0.25) is 14.9 Å². The molecule has 0 bridgehead atoms. The van der Waals surface area contributed by atoms with Gasteiger partial charge in [0.2, 0.25) is 5.91 Å². The van der Waals surface area contributed by atoms with Crippen molar-refractivity contribution in [1.29, 1.82) is 0 Å². The molecule has 0 fully saturated rings. The van der Waals surface area contributed by atoms with Crippen LogP contribution in [-0.2, 0) is 4.79 Å². The Morgan fingerprint density at radius 2 is 1.85 bits per heavy atom. The first-order valence-electron chi connectivity index (χ1n) is 7.63. The highest BCUT2D eigenvalue weighted by molar-refractivity contribution is 7.80. The lowest BCUT2D eigenvalue weighted by Gasteiger charge is -2.14. The van der Waals surface area contributed by atoms with Crippen molar-refractivity contribution in [3.8, 4) is 0 Å². The fraction of sp³-hybridized carbons (Fsp3) is 0.176. The van der Waals surface area contributed by atoms with Gasteiger partial charge in [0.15, 0.2) is 5.11 Å². The zero-order valence-corrected chi connectivity index (χ0v) is 15.7. The number of aryl methyl sites for hydroxylation is 2. The van der Waals surface area contributed by atoms with Crippen molar-refractivity contribution in [1.82, 2.24) is 5.32 Å². The van der Waals surface area contributed by atoms with Crippen LogP contribution in [0.4, 0.5) is 17.1 Å². The number of benzene rings is 2. The Morgan fingerprint density at radius 1 is 1.19 bits per heavy atom. The third-order valence-electron chi connectivity index (χ3n) is 3.56. The molecule has 0 aromatic heterocycles. The molecule has 0 atom stereocenters. The molecule has 136 valence electrons. The molecule has 1 amide bonds. The van der Waals surface area contributed by atoms with Crippen molar-refractivity contribution < 1.29 is 9.72 Å². The highest BCUT2D eigenvalue weighted by Gasteiger charge is 2.12. The molecule has 0 radical (unpaired) electrons. The average Bonchev–Trinajstić information content (AvgIpc) is 2.58. The van der Waals surface area contributed by atoms with Gasteiger partial charge in [-0.25, -0.2) is 0 Å². The molecule has 0 aliphatic rings. The van der Waals surface area contributed by atoms with E-state index >= 15 is 0 Å². The minimum atomic E-state index is -0.532. The summed E-state index contributed by atoms with van der Waals surface area (Å²) >= 11 is 11.1. The highest BCUT2D eigenvalue weighted by Crippen LogP contribution is 2.26. The largest absolute Gasteiger partial charge is 0.353 e. The Morgan fingerprint density at radius 3 is 2.46 bits per heavy atom. The lowest BCUT2D eigenvalue weighted by atomic mass is 10.1. The number of carbonyl (C=O) groups is 1. The van der Waals surface area contributed by atoms with Crippen molar-refractivity contribution in [3.63, 3.8) is 0 Å².